The summed E-state index contributed by atoms with van der Waals surface area (Å²) in [5.41, 5.74) is 0. The molecule has 364 valence electrons. The van der Waals surface area contributed by atoms with E-state index in [4.69, 9.17) is 9.47 Å². The van der Waals surface area contributed by atoms with Crippen molar-refractivity contribution in [2.75, 3.05) is 13.2 Å². The lowest BCUT2D eigenvalue weighted by Crippen LogP contribution is -2.60. The van der Waals surface area contributed by atoms with Crippen LogP contribution in [0, 0.1) is 0 Å². The van der Waals surface area contributed by atoms with Crippen LogP contribution in [0.15, 0.2) is 0 Å². The van der Waals surface area contributed by atoms with Crippen LogP contribution < -0.4 is 5.32 Å². The first-order chi connectivity index (χ1) is 29.8. The van der Waals surface area contributed by atoms with Crippen molar-refractivity contribution in [1.82, 2.24) is 5.32 Å². The molecule has 1 heterocycles. The van der Waals surface area contributed by atoms with Crippen LogP contribution in [0.1, 0.15) is 271 Å². The van der Waals surface area contributed by atoms with Crippen molar-refractivity contribution in [2.24, 2.45) is 0 Å². The Morgan fingerprint density at radius 3 is 1.16 bits per heavy atom. The monoisotopic (exact) mass is 870 g/mol. The van der Waals surface area contributed by atoms with Crippen LogP contribution in [-0.4, -0.2) is 87.5 Å². The van der Waals surface area contributed by atoms with Crippen molar-refractivity contribution in [3.8, 4) is 0 Å². The van der Waals surface area contributed by atoms with Crippen molar-refractivity contribution < 1.29 is 39.8 Å². The molecule has 0 radical (unpaired) electrons. The highest BCUT2D eigenvalue weighted by Crippen LogP contribution is 2.23. The number of hydrogen-bond acceptors (Lipinski definition) is 8. The molecular weight excluding hydrogens is 767 g/mol. The normalized spacial score (nSPS) is 20.3. The van der Waals surface area contributed by atoms with Crippen LogP contribution >= 0.6 is 0 Å². The van der Waals surface area contributed by atoms with Crippen LogP contribution in [0.2, 0.25) is 0 Å². The molecule has 1 rings (SSSR count). The Labute approximate surface area is 376 Å². The zero-order chi connectivity index (χ0) is 44.4. The minimum absolute atomic E-state index is 0.132. The molecule has 9 nitrogen and oxygen atoms in total. The van der Waals surface area contributed by atoms with Gasteiger partial charge in [-0.25, -0.2) is 0 Å². The summed E-state index contributed by atoms with van der Waals surface area (Å²) in [4.78, 5) is 13.0. The lowest BCUT2D eigenvalue weighted by molar-refractivity contribution is -0.302. The molecule has 1 fully saturated rings. The van der Waals surface area contributed by atoms with Gasteiger partial charge in [0.05, 0.1) is 25.4 Å². The molecule has 1 aliphatic rings. The summed E-state index contributed by atoms with van der Waals surface area (Å²) in [6.45, 7) is 3.84. The van der Waals surface area contributed by atoms with Gasteiger partial charge in [0, 0.05) is 6.42 Å². The number of ether oxygens (including phenoxy) is 2. The molecule has 1 aliphatic heterocycles. The van der Waals surface area contributed by atoms with Gasteiger partial charge in [-0.15, -0.1) is 0 Å². The van der Waals surface area contributed by atoms with Crippen LogP contribution in [0.5, 0.6) is 0 Å². The molecule has 7 unspecified atom stereocenters. The fourth-order valence-corrected chi connectivity index (χ4v) is 8.93. The summed E-state index contributed by atoms with van der Waals surface area (Å²) in [6, 6.07) is -0.711. The van der Waals surface area contributed by atoms with Gasteiger partial charge in [0.1, 0.15) is 24.4 Å². The lowest BCUT2D eigenvalue weighted by atomic mass is 9.99. The van der Waals surface area contributed by atoms with Crippen LogP contribution in [0.25, 0.3) is 0 Å². The van der Waals surface area contributed by atoms with Crippen molar-refractivity contribution in [3.05, 3.63) is 0 Å². The highest BCUT2D eigenvalue weighted by Gasteiger charge is 2.44. The predicted octanol–water partition coefficient (Wildman–Crippen LogP) is 12.3. The van der Waals surface area contributed by atoms with Crippen molar-refractivity contribution in [2.45, 2.75) is 314 Å². The lowest BCUT2D eigenvalue weighted by Gasteiger charge is -2.40. The Bertz CT molecular complexity index is 924. The topological polar surface area (TPSA) is 149 Å². The van der Waals surface area contributed by atoms with E-state index in [1.54, 1.807) is 0 Å². The Hall–Kier alpha value is -0.810. The first-order valence-corrected chi connectivity index (χ1v) is 26.7. The Morgan fingerprint density at radius 2 is 0.820 bits per heavy atom. The van der Waals surface area contributed by atoms with Gasteiger partial charge in [-0.2, -0.15) is 0 Å². The second kappa shape index (κ2) is 43.1. The largest absolute Gasteiger partial charge is 0.394 e. The van der Waals surface area contributed by atoms with E-state index < -0.39 is 49.5 Å². The zero-order valence-corrected chi connectivity index (χ0v) is 40.2. The van der Waals surface area contributed by atoms with Gasteiger partial charge < -0.3 is 40.3 Å². The molecule has 0 aromatic heterocycles. The number of amides is 1. The molecule has 0 aliphatic carbocycles. The summed E-state index contributed by atoms with van der Waals surface area (Å²) in [7, 11) is 0. The van der Waals surface area contributed by atoms with E-state index in [1.165, 1.54) is 205 Å². The third kappa shape index (κ3) is 33.3. The van der Waals surface area contributed by atoms with Gasteiger partial charge in [-0.1, -0.05) is 251 Å². The summed E-state index contributed by atoms with van der Waals surface area (Å²) in [5.74, 6) is -0.140. The molecule has 1 amide bonds. The third-order valence-electron chi connectivity index (χ3n) is 13.2. The second-order valence-electron chi connectivity index (χ2n) is 19.0. The SMILES string of the molecule is CCCCCCCCCCCCCCCCCCCCCCCCCCCCCCCC(=O)NC(COC1OC(CO)C(O)C(O)C1O)C(O)CCCCCCCCCCC. The quantitative estimate of drug-likeness (QED) is 0.0331. The summed E-state index contributed by atoms with van der Waals surface area (Å²) in [5, 5.41) is 54.3. The first kappa shape index (κ1) is 58.2. The van der Waals surface area contributed by atoms with E-state index in [-0.39, 0.29) is 12.5 Å². The summed E-state index contributed by atoms with van der Waals surface area (Å²) in [6.07, 6.45) is 43.0. The number of hydrogen-bond donors (Lipinski definition) is 6. The van der Waals surface area contributed by atoms with Crippen LogP contribution in [0.3, 0.4) is 0 Å². The molecule has 0 bridgehead atoms. The molecular formula is C52H103NO8. The zero-order valence-electron chi connectivity index (χ0n) is 40.2. The summed E-state index contributed by atoms with van der Waals surface area (Å²) >= 11 is 0. The molecule has 6 N–H and O–H groups in total. The minimum Gasteiger partial charge on any atom is -0.394 e. The fraction of sp³-hybridized carbons (Fsp3) is 0.981. The number of rotatable bonds is 46. The maximum absolute atomic E-state index is 13.0. The predicted molar refractivity (Wildman–Crippen MR) is 254 cm³/mol. The molecule has 9 heteroatoms. The molecule has 0 spiro atoms. The number of aliphatic hydroxyl groups excluding tert-OH is 5. The maximum Gasteiger partial charge on any atom is 0.220 e. The molecule has 0 saturated carbocycles. The molecule has 61 heavy (non-hydrogen) atoms. The highest BCUT2D eigenvalue weighted by molar-refractivity contribution is 5.76. The summed E-state index contributed by atoms with van der Waals surface area (Å²) < 4.78 is 11.2. The Kier molecular flexibility index (Phi) is 41.1. The molecule has 1 saturated heterocycles. The van der Waals surface area contributed by atoms with Crippen molar-refractivity contribution in [1.29, 1.82) is 0 Å². The maximum atomic E-state index is 13.0. The van der Waals surface area contributed by atoms with Crippen LogP contribution in [-0.2, 0) is 14.3 Å². The van der Waals surface area contributed by atoms with Gasteiger partial charge in [-0.3, -0.25) is 4.79 Å². The smallest absolute Gasteiger partial charge is 0.220 e. The second-order valence-corrected chi connectivity index (χ2v) is 19.0. The standard InChI is InChI=1S/C52H103NO8/c1-3-5-7-9-11-13-14-15-16-17-18-19-20-21-22-23-24-25-26-27-28-29-30-31-32-34-36-38-40-42-48(56)53-45(46(55)41-39-37-35-33-12-10-8-6-4-2)44-60-52-51(59)50(58)49(57)47(43-54)61-52/h45-47,49-52,54-55,57-59H,3-44H2,1-2H3,(H,53,56). The number of unbranched alkanes of at least 4 members (excludes halogenated alkanes) is 36. The minimum atomic E-state index is -1.55. The number of nitrogens with one attached hydrogen (secondary N) is 1. The van der Waals surface area contributed by atoms with Gasteiger partial charge in [0.15, 0.2) is 6.29 Å². The first-order valence-electron chi connectivity index (χ1n) is 26.7. The molecule has 0 aromatic rings. The third-order valence-corrected chi connectivity index (χ3v) is 13.2. The highest BCUT2D eigenvalue weighted by atomic mass is 16.7. The van der Waals surface area contributed by atoms with Crippen molar-refractivity contribution in [3.63, 3.8) is 0 Å². The number of carbonyl (C=O) groups excluding carboxylic acids is 1. The van der Waals surface area contributed by atoms with E-state index in [1.807, 2.05) is 0 Å². The van der Waals surface area contributed by atoms with Gasteiger partial charge in [-0.05, 0) is 12.8 Å². The van der Waals surface area contributed by atoms with E-state index >= 15 is 0 Å². The van der Waals surface area contributed by atoms with Crippen molar-refractivity contribution >= 4 is 5.91 Å². The van der Waals surface area contributed by atoms with E-state index in [0.717, 1.165) is 38.5 Å². The van der Waals surface area contributed by atoms with E-state index in [9.17, 15) is 30.3 Å². The molecule has 0 aromatic carbocycles. The number of aliphatic hydroxyl groups is 5. The van der Waals surface area contributed by atoms with E-state index in [0.29, 0.717) is 12.8 Å². The van der Waals surface area contributed by atoms with Gasteiger partial charge >= 0.3 is 0 Å². The average molecular weight is 870 g/mol. The van der Waals surface area contributed by atoms with E-state index in [2.05, 4.69) is 19.2 Å². The van der Waals surface area contributed by atoms with Gasteiger partial charge in [0.25, 0.3) is 0 Å². The van der Waals surface area contributed by atoms with Crippen LogP contribution in [0.4, 0.5) is 0 Å². The molecule has 7 atom stereocenters. The fourth-order valence-electron chi connectivity index (χ4n) is 8.93. The van der Waals surface area contributed by atoms with Gasteiger partial charge in [0.2, 0.25) is 5.91 Å². The average Bonchev–Trinajstić information content (AvgIpc) is 3.26. The number of carbonyl (C=O) groups is 1. The Morgan fingerprint density at radius 1 is 0.492 bits per heavy atom. The Balaban J connectivity index is 2.08.